The third-order valence-electron chi connectivity index (χ3n) is 2.63. The molecule has 0 fully saturated rings. The Labute approximate surface area is 144 Å². The van der Waals surface area contributed by atoms with Crippen molar-refractivity contribution >= 4 is 45.7 Å². The number of hydrogen-bond donors (Lipinski definition) is 1. The third-order valence-corrected chi connectivity index (χ3v) is 4.92. The summed E-state index contributed by atoms with van der Waals surface area (Å²) in [6.45, 7) is 0.0276. The second kappa shape index (κ2) is 7.49. The van der Waals surface area contributed by atoms with Crippen LogP contribution in [0, 0.1) is 0 Å². The lowest BCUT2D eigenvalue weighted by molar-refractivity contribution is -0.116. The molecule has 118 valence electrons. The molecule has 11 heteroatoms. The maximum absolute atomic E-state index is 11.8. The molecule has 0 spiro atoms. The molecule has 0 aliphatic heterocycles. The molecular weight excluding hydrogens is 358 g/mol. The predicted molar refractivity (Wildman–Crippen MR) is 87.4 cm³/mol. The summed E-state index contributed by atoms with van der Waals surface area (Å²) in [5, 5.41) is 22.4. The summed E-state index contributed by atoms with van der Waals surface area (Å²) in [5.74, 6) is 0.493. The largest absolute Gasteiger partial charge is 0.299 e. The van der Waals surface area contributed by atoms with E-state index in [9.17, 15) is 4.79 Å². The molecule has 2 heterocycles. The van der Waals surface area contributed by atoms with Gasteiger partial charge >= 0.3 is 0 Å². The van der Waals surface area contributed by atoms with Gasteiger partial charge in [-0.15, -0.1) is 15.3 Å². The van der Waals surface area contributed by atoms with Crippen LogP contribution in [0.25, 0.3) is 0 Å². The number of nitrogens with one attached hydrogen (secondary N) is 1. The van der Waals surface area contributed by atoms with Crippen LogP contribution in [0.4, 0.5) is 5.13 Å². The number of benzene rings is 1. The molecule has 0 atom stereocenters. The van der Waals surface area contributed by atoms with Crippen LogP contribution in [0.15, 0.2) is 34.9 Å². The highest BCUT2D eigenvalue weighted by molar-refractivity contribution is 8.00. The quantitative estimate of drug-likeness (QED) is 0.526. The smallest absolute Gasteiger partial charge is 0.248 e. The summed E-state index contributed by atoms with van der Waals surface area (Å²) in [7, 11) is 0. The maximum atomic E-state index is 11.8. The molecule has 0 radical (unpaired) electrons. The number of carbonyl (C=O) groups excluding carboxylic acids is 1. The Balaban J connectivity index is 1.51. The SMILES string of the molecule is O=C(Cn1cnnn1)Nc1nnc(SCc2ccc(Cl)cc2)s1. The number of aromatic nitrogens is 6. The topological polar surface area (TPSA) is 98.5 Å². The minimum atomic E-state index is -0.261. The zero-order valence-corrected chi connectivity index (χ0v) is 14.0. The summed E-state index contributed by atoms with van der Waals surface area (Å²) in [6, 6.07) is 7.63. The molecule has 3 rings (SSSR count). The van der Waals surface area contributed by atoms with E-state index in [0.29, 0.717) is 10.2 Å². The molecule has 0 saturated carbocycles. The highest BCUT2D eigenvalue weighted by atomic mass is 35.5. The van der Waals surface area contributed by atoms with Gasteiger partial charge < -0.3 is 0 Å². The third kappa shape index (κ3) is 4.71. The Kier molecular flexibility index (Phi) is 5.16. The van der Waals surface area contributed by atoms with Gasteiger partial charge in [-0.25, -0.2) is 4.68 Å². The van der Waals surface area contributed by atoms with Gasteiger partial charge in [-0.3, -0.25) is 10.1 Å². The van der Waals surface area contributed by atoms with Crippen LogP contribution in [0.2, 0.25) is 5.02 Å². The predicted octanol–water partition coefficient (Wildman–Crippen LogP) is 2.11. The van der Waals surface area contributed by atoms with Gasteiger partial charge in [0, 0.05) is 10.8 Å². The Morgan fingerprint density at radius 1 is 1.30 bits per heavy atom. The fraction of sp³-hybridized carbons (Fsp3) is 0.167. The normalized spacial score (nSPS) is 10.7. The Bertz CT molecular complexity index is 775. The lowest BCUT2D eigenvalue weighted by atomic mass is 10.2. The van der Waals surface area contributed by atoms with Gasteiger partial charge in [0.25, 0.3) is 0 Å². The van der Waals surface area contributed by atoms with Gasteiger partial charge in [-0.2, -0.15) is 0 Å². The van der Waals surface area contributed by atoms with E-state index in [1.54, 1.807) is 11.8 Å². The van der Waals surface area contributed by atoms with Crippen LogP contribution in [0.3, 0.4) is 0 Å². The van der Waals surface area contributed by atoms with Crippen LogP contribution < -0.4 is 5.32 Å². The monoisotopic (exact) mass is 367 g/mol. The lowest BCUT2D eigenvalue weighted by Crippen LogP contribution is -2.19. The Hall–Kier alpha value is -2.04. The van der Waals surface area contributed by atoms with E-state index in [0.717, 1.165) is 15.7 Å². The first-order valence-corrected chi connectivity index (χ1v) is 8.58. The number of tetrazole rings is 1. The number of anilines is 1. The molecule has 0 aliphatic carbocycles. The molecule has 23 heavy (non-hydrogen) atoms. The second-order valence-electron chi connectivity index (χ2n) is 4.34. The molecule has 2 aromatic heterocycles. The van der Waals surface area contributed by atoms with E-state index >= 15 is 0 Å². The van der Waals surface area contributed by atoms with Crippen molar-refractivity contribution in [3.05, 3.63) is 41.2 Å². The average Bonchev–Trinajstić information content (AvgIpc) is 3.19. The van der Waals surface area contributed by atoms with Crippen LogP contribution in [0.5, 0.6) is 0 Å². The fourth-order valence-electron chi connectivity index (χ4n) is 1.60. The molecule has 1 N–H and O–H groups in total. The molecule has 1 aromatic carbocycles. The number of nitrogens with zero attached hydrogens (tertiary/aromatic N) is 6. The van der Waals surface area contributed by atoms with Crippen molar-refractivity contribution in [2.75, 3.05) is 5.32 Å². The van der Waals surface area contributed by atoms with E-state index in [-0.39, 0.29) is 12.5 Å². The average molecular weight is 368 g/mol. The van der Waals surface area contributed by atoms with Crippen molar-refractivity contribution in [2.45, 2.75) is 16.6 Å². The zero-order chi connectivity index (χ0) is 16.1. The van der Waals surface area contributed by atoms with Gasteiger partial charge in [0.2, 0.25) is 11.0 Å². The minimum absolute atomic E-state index is 0.0276. The number of carbonyl (C=O) groups is 1. The van der Waals surface area contributed by atoms with Gasteiger partial charge in [-0.1, -0.05) is 46.8 Å². The molecular formula is C12H10ClN7OS2. The molecule has 1 amide bonds. The highest BCUT2D eigenvalue weighted by Crippen LogP contribution is 2.28. The fourth-order valence-corrected chi connectivity index (χ4v) is 3.45. The van der Waals surface area contributed by atoms with Crippen molar-refractivity contribution in [3.8, 4) is 0 Å². The number of rotatable bonds is 6. The molecule has 0 bridgehead atoms. The first-order chi connectivity index (χ1) is 11.2. The lowest BCUT2D eigenvalue weighted by Gasteiger charge is -1.99. The second-order valence-corrected chi connectivity index (χ2v) is 6.98. The highest BCUT2D eigenvalue weighted by Gasteiger charge is 2.10. The summed E-state index contributed by atoms with van der Waals surface area (Å²) < 4.78 is 2.10. The number of thioether (sulfide) groups is 1. The number of halogens is 1. The van der Waals surface area contributed by atoms with Crippen molar-refractivity contribution in [3.63, 3.8) is 0 Å². The minimum Gasteiger partial charge on any atom is -0.299 e. The van der Waals surface area contributed by atoms with E-state index < -0.39 is 0 Å². The van der Waals surface area contributed by atoms with Crippen LogP contribution in [0.1, 0.15) is 5.56 Å². The molecule has 8 nitrogen and oxygen atoms in total. The van der Waals surface area contributed by atoms with Crippen LogP contribution in [-0.2, 0) is 17.1 Å². The van der Waals surface area contributed by atoms with Crippen LogP contribution >= 0.6 is 34.7 Å². The summed E-state index contributed by atoms with van der Waals surface area (Å²) in [5.41, 5.74) is 1.14. The van der Waals surface area contributed by atoms with E-state index in [4.69, 9.17) is 11.6 Å². The number of amides is 1. The van der Waals surface area contributed by atoms with Crippen molar-refractivity contribution in [1.29, 1.82) is 0 Å². The first kappa shape index (κ1) is 15.8. The van der Waals surface area contributed by atoms with Crippen molar-refractivity contribution in [1.82, 2.24) is 30.4 Å². The Morgan fingerprint density at radius 2 is 2.13 bits per heavy atom. The van der Waals surface area contributed by atoms with E-state index in [1.807, 2.05) is 24.3 Å². The van der Waals surface area contributed by atoms with Gasteiger partial charge in [0.15, 0.2) is 4.34 Å². The molecule has 3 aromatic rings. The first-order valence-electron chi connectivity index (χ1n) is 6.40. The zero-order valence-electron chi connectivity index (χ0n) is 11.6. The maximum Gasteiger partial charge on any atom is 0.248 e. The summed E-state index contributed by atoms with van der Waals surface area (Å²) >= 11 is 8.71. The van der Waals surface area contributed by atoms with E-state index in [2.05, 4.69) is 31.0 Å². The molecule has 0 unspecified atom stereocenters. The van der Waals surface area contributed by atoms with Crippen LogP contribution in [-0.4, -0.2) is 36.3 Å². The van der Waals surface area contributed by atoms with Gasteiger partial charge in [0.1, 0.15) is 12.9 Å². The standard InChI is InChI=1S/C12H10ClN7OS2/c13-9-3-1-8(2-4-9)6-22-12-17-16-11(23-12)15-10(21)5-20-7-14-18-19-20/h1-4,7H,5-6H2,(H,15,16,21). The Morgan fingerprint density at radius 3 is 2.87 bits per heavy atom. The van der Waals surface area contributed by atoms with Gasteiger partial charge in [0.05, 0.1) is 0 Å². The summed E-state index contributed by atoms with van der Waals surface area (Å²) in [6.07, 6.45) is 1.37. The molecule has 0 aliphatic rings. The molecule has 0 saturated heterocycles. The van der Waals surface area contributed by atoms with Crippen molar-refractivity contribution in [2.24, 2.45) is 0 Å². The summed E-state index contributed by atoms with van der Waals surface area (Å²) in [4.78, 5) is 11.8. The van der Waals surface area contributed by atoms with Crippen molar-refractivity contribution < 1.29 is 4.79 Å². The van der Waals surface area contributed by atoms with Gasteiger partial charge in [-0.05, 0) is 28.1 Å². The van der Waals surface area contributed by atoms with E-state index in [1.165, 1.54) is 22.3 Å². The number of hydrogen-bond acceptors (Lipinski definition) is 8.